The Balaban J connectivity index is 2.15. The monoisotopic (exact) mass is 288 g/mol. The molecule has 1 aliphatic rings. The van der Waals surface area contributed by atoms with E-state index in [2.05, 4.69) is 15.3 Å². The van der Waals surface area contributed by atoms with Gasteiger partial charge >= 0.3 is 6.03 Å². The number of hydrogen-bond donors (Lipinski definition) is 2. The van der Waals surface area contributed by atoms with Crippen LogP contribution in [-0.2, 0) is 4.79 Å². The highest BCUT2D eigenvalue weighted by Gasteiger charge is 2.36. The molecule has 4 N–H and O–H groups in total. The molecule has 0 unspecified atom stereocenters. The van der Waals surface area contributed by atoms with Crippen molar-refractivity contribution in [2.24, 2.45) is 26.8 Å². The molecule has 1 aliphatic heterocycles. The van der Waals surface area contributed by atoms with Gasteiger partial charge in [-0.3, -0.25) is 9.59 Å². The smallest absolute Gasteiger partial charge is 0.342 e. The number of carbonyl (C=O) groups excluding carboxylic acids is 3. The molecular formula is C12H12N6O3. The van der Waals surface area contributed by atoms with Crippen LogP contribution >= 0.6 is 0 Å². The lowest BCUT2D eigenvalue weighted by Gasteiger charge is -2.05. The van der Waals surface area contributed by atoms with Gasteiger partial charge in [-0.1, -0.05) is 0 Å². The summed E-state index contributed by atoms with van der Waals surface area (Å²) in [6, 6.07) is 4.09. The Morgan fingerprint density at radius 2 is 1.86 bits per heavy atom. The van der Waals surface area contributed by atoms with Crippen molar-refractivity contribution in [3.05, 3.63) is 29.8 Å². The molecule has 0 spiro atoms. The number of benzene rings is 1. The van der Waals surface area contributed by atoms with Gasteiger partial charge < -0.3 is 11.5 Å². The Morgan fingerprint density at radius 1 is 1.24 bits per heavy atom. The van der Waals surface area contributed by atoms with Gasteiger partial charge in [0.05, 0.1) is 11.4 Å². The molecule has 9 heteroatoms. The molecule has 0 bridgehead atoms. The van der Waals surface area contributed by atoms with Crippen molar-refractivity contribution in [3.63, 3.8) is 0 Å². The Morgan fingerprint density at radius 3 is 2.33 bits per heavy atom. The van der Waals surface area contributed by atoms with Crippen LogP contribution in [0.5, 0.6) is 0 Å². The van der Waals surface area contributed by atoms with Gasteiger partial charge in [0.1, 0.15) is 0 Å². The standard InChI is InChI=1S/C12H12N6O3/c1-6-9(11(20)18(17-6)12(14)21)16-15-8-4-2-7(3-5-8)10(13)19/h2-5,9H,1H3,(H2,13,19)(H2,14,21)/t9-/m1/s1. The molecule has 108 valence electrons. The quantitative estimate of drug-likeness (QED) is 0.783. The number of imide groups is 1. The van der Waals surface area contributed by atoms with Crippen LogP contribution in [-0.4, -0.2) is 34.6 Å². The Kier molecular flexibility index (Phi) is 3.74. The maximum atomic E-state index is 11.8. The molecule has 1 heterocycles. The predicted molar refractivity (Wildman–Crippen MR) is 72.8 cm³/mol. The van der Waals surface area contributed by atoms with E-state index in [-0.39, 0.29) is 0 Å². The first kappa shape index (κ1) is 14.3. The van der Waals surface area contributed by atoms with Crippen molar-refractivity contribution in [2.45, 2.75) is 13.0 Å². The van der Waals surface area contributed by atoms with Gasteiger partial charge in [-0.15, -0.1) is 5.01 Å². The number of hydrogen-bond acceptors (Lipinski definition) is 6. The van der Waals surface area contributed by atoms with Crippen molar-refractivity contribution in [1.29, 1.82) is 0 Å². The summed E-state index contributed by atoms with van der Waals surface area (Å²) in [6.07, 6.45) is 0. The number of rotatable bonds is 3. The summed E-state index contributed by atoms with van der Waals surface area (Å²) in [5, 5.41) is 12.0. The number of nitrogens with two attached hydrogens (primary N) is 2. The van der Waals surface area contributed by atoms with E-state index < -0.39 is 23.9 Å². The highest BCUT2D eigenvalue weighted by Crippen LogP contribution is 2.17. The summed E-state index contributed by atoms with van der Waals surface area (Å²) in [5.41, 5.74) is 11.2. The highest BCUT2D eigenvalue weighted by molar-refractivity contribution is 6.15. The fourth-order valence-corrected chi connectivity index (χ4v) is 1.66. The lowest BCUT2D eigenvalue weighted by molar-refractivity contribution is -0.126. The van der Waals surface area contributed by atoms with Crippen LogP contribution in [0.4, 0.5) is 10.5 Å². The SMILES string of the molecule is CC1=NN(C(N)=O)C(=O)[C@@H]1N=Nc1ccc(C(N)=O)cc1. The molecule has 2 rings (SSSR count). The minimum absolute atomic E-state index is 0.316. The summed E-state index contributed by atoms with van der Waals surface area (Å²) in [6.45, 7) is 1.54. The molecule has 1 aromatic rings. The number of urea groups is 1. The summed E-state index contributed by atoms with van der Waals surface area (Å²) in [5.74, 6) is -1.21. The molecular weight excluding hydrogens is 276 g/mol. The van der Waals surface area contributed by atoms with Crippen LogP contribution in [0, 0.1) is 0 Å². The van der Waals surface area contributed by atoms with Crippen molar-refractivity contribution < 1.29 is 14.4 Å². The number of hydrazone groups is 1. The number of nitrogens with zero attached hydrogens (tertiary/aromatic N) is 4. The maximum absolute atomic E-state index is 11.8. The van der Waals surface area contributed by atoms with Crippen LogP contribution in [0.15, 0.2) is 39.6 Å². The van der Waals surface area contributed by atoms with Gasteiger partial charge in [-0.05, 0) is 31.2 Å². The van der Waals surface area contributed by atoms with Crippen molar-refractivity contribution in [2.75, 3.05) is 0 Å². The number of azo groups is 1. The van der Waals surface area contributed by atoms with Gasteiger partial charge in [0.15, 0.2) is 6.04 Å². The first-order chi connectivity index (χ1) is 9.90. The Labute approximate surface area is 119 Å². The minimum Gasteiger partial charge on any atom is -0.366 e. The zero-order valence-electron chi connectivity index (χ0n) is 11.1. The molecule has 0 fully saturated rings. The zero-order valence-corrected chi connectivity index (χ0v) is 11.1. The van der Waals surface area contributed by atoms with Crippen LogP contribution in [0.3, 0.4) is 0 Å². The average molecular weight is 288 g/mol. The molecule has 0 aliphatic carbocycles. The Bertz CT molecular complexity index is 664. The molecule has 4 amide bonds. The maximum Gasteiger partial charge on any atom is 0.342 e. The summed E-state index contributed by atoms with van der Waals surface area (Å²) >= 11 is 0. The second-order valence-corrected chi connectivity index (χ2v) is 4.26. The molecule has 21 heavy (non-hydrogen) atoms. The summed E-state index contributed by atoms with van der Waals surface area (Å²) in [7, 11) is 0. The van der Waals surface area contributed by atoms with E-state index in [1.54, 1.807) is 6.92 Å². The second-order valence-electron chi connectivity index (χ2n) is 4.26. The third kappa shape index (κ3) is 2.91. The highest BCUT2D eigenvalue weighted by atomic mass is 16.2. The van der Waals surface area contributed by atoms with Gasteiger partial charge in [-0.25, -0.2) is 4.79 Å². The van der Waals surface area contributed by atoms with E-state index in [9.17, 15) is 14.4 Å². The van der Waals surface area contributed by atoms with Crippen molar-refractivity contribution in [1.82, 2.24) is 5.01 Å². The lowest BCUT2D eigenvalue weighted by Crippen LogP contribution is -2.37. The van der Waals surface area contributed by atoms with E-state index in [0.29, 0.717) is 22.0 Å². The number of amides is 4. The predicted octanol–water partition coefficient (Wildman–Crippen LogP) is 0.535. The molecule has 0 aromatic heterocycles. The molecule has 0 saturated heterocycles. The molecule has 9 nitrogen and oxygen atoms in total. The molecule has 1 atom stereocenters. The first-order valence-corrected chi connectivity index (χ1v) is 5.89. The van der Waals surface area contributed by atoms with Crippen LogP contribution < -0.4 is 11.5 Å². The lowest BCUT2D eigenvalue weighted by atomic mass is 10.2. The van der Waals surface area contributed by atoms with Crippen molar-refractivity contribution >= 4 is 29.2 Å². The van der Waals surface area contributed by atoms with E-state index in [1.165, 1.54) is 24.3 Å². The van der Waals surface area contributed by atoms with E-state index in [4.69, 9.17) is 11.5 Å². The zero-order chi connectivity index (χ0) is 15.6. The molecule has 1 aromatic carbocycles. The van der Waals surface area contributed by atoms with Crippen LogP contribution in [0.2, 0.25) is 0 Å². The van der Waals surface area contributed by atoms with Crippen molar-refractivity contribution in [3.8, 4) is 0 Å². The summed E-state index contributed by atoms with van der Waals surface area (Å²) in [4.78, 5) is 33.7. The second kappa shape index (κ2) is 5.49. The summed E-state index contributed by atoms with van der Waals surface area (Å²) < 4.78 is 0. The van der Waals surface area contributed by atoms with E-state index >= 15 is 0 Å². The normalized spacial score (nSPS) is 18.1. The molecule has 0 saturated carbocycles. The van der Waals surface area contributed by atoms with Crippen LogP contribution in [0.25, 0.3) is 0 Å². The number of primary amides is 2. The van der Waals surface area contributed by atoms with Gasteiger partial charge in [0, 0.05) is 5.56 Å². The fourth-order valence-electron chi connectivity index (χ4n) is 1.66. The topological polar surface area (TPSA) is 144 Å². The third-order valence-electron chi connectivity index (χ3n) is 2.75. The van der Waals surface area contributed by atoms with Gasteiger partial charge in [0.2, 0.25) is 5.91 Å². The minimum atomic E-state index is -0.978. The van der Waals surface area contributed by atoms with Gasteiger partial charge in [-0.2, -0.15) is 15.3 Å². The van der Waals surface area contributed by atoms with Crippen LogP contribution in [0.1, 0.15) is 17.3 Å². The largest absolute Gasteiger partial charge is 0.366 e. The number of carbonyl (C=O) groups is 3. The van der Waals surface area contributed by atoms with E-state index in [1.807, 2.05) is 0 Å². The van der Waals surface area contributed by atoms with Gasteiger partial charge in [0.25, 0.3) is 5.91 Å². The fraction of sp³-hybridized carbons (Fsp3) is 0.167. The first-order valence-electron chi connectivity index (χ1n) is 5.89. The Hall–Kier alpha value is -3.10. The van der Waals surface area contributed by atoms with E-state index in [0.717, 1.165) is 0 Å². The molecule has 0 radical (unpaired) electrons. The average Bonchev–Trinajstić information content (AvgIpc) is 2.72. The third-order valence-corrected chi connectivity index (χ3v) is 2.75.